The summed E-state index contributed by atoms with van der Waals surface area (Å²) < 4.78 is 24.2. The number of nitrogens with zero attached hydrogens (tertiary/aromatic N) is 2. The van der Waals surface area contributed by atoms with Gasteiger partial charge in [-0.2, -0.15) is 5.10 Å². The Balaban J connectivity index is 3.27. The van der Waals surface area contributed by atoms with Crippen LogP contribution in [0.15, 0.2) is 5.03 Å². The molecule has 0 aliphatic rings. The number of aryl methyl sites for hydroxylation is 1. The second-order valence-corrected chi connectivity index (χ2v) is 6.09. The van der Waals surface area contributed by atoms with Crippen molar-refractivity contribution in [3.8, 4) is 0 Å². The molecule has 0 atom stereocenters. The lowest BCUT2D eigenvalue weighted by Gasteiger charge is -2.05. The van der Waals surface area contributed by atoms with E-state index in [0.717, 1.165) is 18.4 Å². The lowest BCUT2D eigenvalue weighted by atomic mass is 10.1. The van der Waals surface area contributed by atoms with Crippen LogP contribution in [0, 0.1) is 5.92 Å². The van der Waals surface area contributed by atoms with Crippen molar-refractivity contribution in [2.24, 2.45) is 13.0 Å². The van der Waals surface area contributed by atoms with Gasteiger partial charge < -0.3 is 5.73 Å². The van der Waals surface area contributed by atoms with Crippen LogP contribution in [-0.2, 0) is 23.3 Å². The molecule has 0 aliphatic heterocycles. The largest absolute Gasteiger partial charge is 0.395 e. The Labute approximate surface area is 90.2 Å². The number of sulfone groups is 1. The van der Waals surface area contributed by atoms with E-state index in [9.17, 15) is 8.42 Å². The first-order valence-corrected chi connectivity index (χ1v) is 6.64. The zero-order valence-corrected chi connectivity index (χ0v) is 10.3. The fourth-order valence-corrected chi connectivity index (χ4v) is 2.24. The third-order valence-electron chi connectivity index (χ3n) is 2.13. The third kappa shape index (κ3) is 2.50. The number of rotatable bonds is 3. The van der Waals surface area contributed by atoms with Gasteiger partial charge >= 0.3 is 0 Å². The van der Waals surface area contributed by atoms with Gasteiger partial charge in [0.15, 0.2) is 14.9 Å². The van der Waals surface area contributed by atoms with E-state index in [0.29, 0.717) is 5.92 Å². The lowest BCUT2D eigenvalue weighted by Crippen LogP contribution is -2.04. The molecule has 0 saturated heterocycles. The van der Waals surface area contributed by atoms with Crippen LogP contribution in [0.25, 0.3) is 0 Å². The highest BCUT2D eigenvalue weighted by molar-refractivity contribution is 7.90. The molecular weight excluding hydrogens is 214 g/mol. The van der Waals surface area contributed by atoms with E-state index in [2.05, 4.69) is 5.10 Å². The molecule has 0 bridgehead atoms. The van der Waals surface area contributed by atoms with Crippen molar-refractivity contribution in [2.45, 2.75) is 25.3 Å². The average molecular weight is 231 g/mol. The van der Waals surface area contributed by atoms with E-state index in [1.165, 1.54) is 0 Å². The van der Waals surface area contributed by atoms with Crippen molar-refractivity contribution >= 4 is 15.5 Å². The molecule has 2 N–H and O–H groups in total. The summed E-state index contributed by atoms with van der Waals surface area (Å²) in [5.41, 5.74) is 6.84. The van der Waals surface area contributed by atoms with Gasteiger partial charge in [-0.3, -0.25) is 4.68 Å². The van der Waals surface area contributed by atoms with Crippen molar-refractivity contribution in [3.63, 3.8) is 0 Å². The Bertz CT molecular complexity index is 460. The molecular formula is C9H17N3O2S. The van der Waals surface area contributed by atoms with Crippen LogP contribution in [0.5, 0.6) is 0 Å². The number of hydrogen-bond donors (Lipinski definition) is 1. The summed E-state index contributed by atoms with van der Waals surface area (Å²) in [5, 5.41) is 3.92. The number of nitrogen functional groups attached to an aromatic ring is 1. The maximum atomic E-state index is 11.3. The molecule has 0 amide bonds. The first-order valence-electron chi connectivity index (χ1n) is 4.75. The van der Waals surface area contributed by atoms with Gasteiger partial charge in [-0.25, -0.2) is 8.42 Å². The highest BCUT2D eigenvalue weighted by Gasteiger charge is 2.21. The molecule has 0 unspecified atom stereocenters. The van der Waals surface area contributed by atoms with Crippen LogP contribution in [-0.4, -0.2) is 24.5 Å². The van der Waals surface area contributed by atoms with Crippen LogP contribution in [0.2, 0.25) is 0 Å². The van der Waals surface area contributed by atoms with Crippen molar-refractivity contribution < 1.29 is 8.42 Å². The van der Waals surface area contributed by atoms with Crippen LogP contribution in [0.1, 0.15) is 19.5 Å². The van der Waals surface area contributed by atoms with Crippen LogP contribution in [0.3, 0.4) is 0 Å². The lowest BCUT2D eigenvalue weighted by molar-refractivity contribution is 0.583. The maximum Gasteiger partial charge on any atom is 0.199 e. The van der Waals surface area contributed by atoms with Gasteiger partial charge in [0, 0.05) is 13.3 Å². The Morgan fingerprint density at radius 3 is 2.33 bits per heavy atom. The summed E-state index contributed by atoms with van der Waals surface area (Å²) in [4.78, 5) is 0. The molecule has 0 fully saturated rings. The highest BCUT2D eigenvalue weighted by Crippen LogP contribution is 2.23. The minimum absolute atomic E-state index is 0.0133. The maximum absolute atomic E-state index is 11.3. The van der Waals surface area contributed by atoms with E-state index in [1.807, 2.05) is 13.8 Å². The predicted molar refractivity (Wildman–Crippen MR) is 59.3 cm³/mol. The zero-order valence-electron chi connectivity index (χ0n) is 9.48. The number of aromatic nitrogens is 2. The summed E-state index contributed by atoms with van der Waals surface area (Å²) >= 11 is 0. The Morgan fingerprint density at radius 1 is 1.47 bits per heavy atom. The number of anilines is 1. The predicted octanol–water partition coefficient (Wildman–Crippen LogP) is 0.604. The Kier molecular flexibility index (Phi) is 3.08. The van der Waals surface area contributed by atoms with Gasteiger partial charge in [0.05, 0.1) is 11.4 Å². The fraction of sp³-hybridized carbons (Fsp3) is 0.667. The summed E-state index contributed by atoms with van der Waals surface area (Å²) in [5.74, 6) is 0.412. The fourth-order valence-electron chi connectivity index (χ4n) is 1.45. The van der Waals surface area contributed by atoms with Crippen LogP contribution < -0.4 is 5.73 Å². The molecule has 6 heteroatoms. The summed E-state index contributed by atoms with van der Waals surface area (Å²) in [6.07, 6.45) is 1.84. The smallest absolute Gasteiger partial charge is 0.199 e. The molecule has 1 aromatic heterocycles. The van der Waals surface area contributed by atoms with E-state index in [4.69, 9.17) is 5.73 Å². The van der Waals surface area contributed by atoms with E-state index < -0.39 is 9.84 Å². The topological polar surface area (TPSA) is 78.0 Å². The van der Waals surface area contributed by atoms with E-state index in [1.54, 1.807) is 11.7 Å². The van der Waals surface area contributed by atoms with Gasteiger partial charge in [0.25, 0.3) is 0 Å². The van der Waals surface area contributed by atoms with E-state index >= 15 is 0 Å². The van der Waals surface area contributed by atoms with Gasteiger partial charge in [-0.15, -0.1) is 0 Å². The van der Waals surface area contributed by atoms with Gasteiger partial charge in [0.2, 0.25) is 0 Å². The van der Waals surface area contributed by atoms with Crippen molar-refractivity contribution in [1.29, 1.82) is 0 Å². The first-order chi connectivity index (χ1) is 6.73. The normalized spacial score (nSPS) is 12.3. The SMILES string of the molecule is CC(C)Cc1c(N)c(S(C)(=O)=O)nn1C. The van der Waals surface area contributed by atoms with Crippen molar-refractivity contribution in [2.75, 3.05) is 12.0 Å². The molecule has 1 heterocycles. The molecule has 0 radical (unpaired) electrons. The summed E-state index contributed by atoms with van der Waals surface area (Å²) in [6.45, 7) is 4.10. The molecule has 0 spiro atoms. The molecule has 15 heavy (non-hydrogen) atoms. The third-order valence-corrected chi connectivity index (χ3v) is 3.13. The molecule has 86 valence electrons. The van der Waals surface area contributed by atoms with Gasteiger partial charge in [-0.05, 0) is 12.3 Å². The molecule has 0 saturated carbocycles. The summed E-state index contributed by atoms with van der Waals surface area (Å²) in [7, 11) is -1.62. The van der Waals surface area contributed by atoms with Gasteiger partial charge in [0.1, 0.15) is 0 Å². The zero-order chi connectivity index (χ0) is 11.8. The molecule has 1 aromatic rings. The Hall–Kier alpha value is -1.04. The Morgan fingerprint density at radius 2 is 2.00 bits per heavy atom. The molecule has 5 nitrogen and oxygen atoms in total. The first kappa shape index (κ1) is 12.0. The number of nitrogens with two attached hydrogens (primary N) is 1. The second kappa shape index (κ2) is 3.84. The van der Waals surface area contributed by atoms with Crippen LogP contribution >= 0.6 is 0 Å². The molecule has 0 aliphatic carbocycles. The molecule has 0 aromatic carbocycles. The number of hydrogen-bond acceptors (Lipinski definition) is 4. The average Bonchev–Trinajstić information content (AvgIpc) is 2.30. The molecule has 1 rings (SSSR count). The summed E-state index contributed by atoms with van der Waals surface area (Å²) in [6, 6.07) is 0. The minimum Gasteiger partial charge on any atom is -0.395 e. The monoisotopic (exact) mass is 231 g/mol. The van der Waals surface area contributed by atoms with Crippen LogP contribution in [0.4, 0.5) is 5.69 Å². The minimum atomic E-state index is -3.33. The highest BCUT2D eigenvalue weighted by atomic mass is 32.2. The van der Waals surface area contributed by atoms with Crippen molar-refractivity contribution in [1.82, 2.24) is 9.78 Å². The van der Waals surface area contributed by atoms with Crippen molar-refractivity contribution in [3.05, 3.63) is 5.69 Å². The van der Waals surface area contributed by atoms with Gasteiger partial charge in [-0.1, -0.05) is 13.8 Å². The van der Waals surface area contributed by atoms with E-state index in [-0.39, 0.29) is 10.7 Å². The second-order valence-electron chi connectivity index (χ2n) is 4.16. The quantitative estimate of drug-likeness (QED) is 0.826. The standard InChI is InChI=1S/C9H17N3O2S/c1-6(2)5-7-8(10)9(11-12(7)3)15(4,13)14/h6H,5,10H2,1-4H3.